The molecule has 84 valence electrons. The predicted molar refractivity (Wildman–Crippen MR) is 56.2 cm³/mol. The van der Waals surface area contributed by atoms with Crippen molar-refractivity contribution >= 4 is 5.97 Å². The molecule has 15 heavy (non-hydrogen) atoms. The largest absolute Gasteiger partial charge is 0.480 e. The van der Waals surface area contributed by atoms with Crippen LogP contribution in [-0.2, 0) is 4.79 Å². The van der Waals surface area contributed by atoms with Gasteiger partial charge in [0.15, 0.2) is 0 Å². The van der Waals surface area contributed by atoms with Crippen LogP contribution in [0.5, 0.6) is 0 Å². The van der Waals surface area contributed by atoms with E-state index in [-0.39, 0.29) is 5.41 Å². The van der Waals surface area contributed by atoms with Crippen molar-refractivity contribution in [2.24, 2.45) is 5.41 Å². The summed E-state index contributed by atoms with van der Waals surface area (Å²) >= 11 is 0. The Bertz CT molecular complexity index is 266. The van der Waals surface area contributed by atoms with Crippen LogP contribution in [-0.4, -0.2) is 23.7 Å². The van der Waals surface area contributed by atoms with Gasteiger partial charge in [-0.05, 0) is 24.7 Å². The molecule has 0 amide bonds. The summed E-state index contributed by atoms with van der Waals surface area (Å²) in [5.74, 6) is -0.787. The number of nitriles is 1. The van der Waals surface area contributed by atoms with Gasteiger partial charge < -0.3 is 10.4 Å². The van der Waals surface area contributed by atoms with E-state index in [0.29, 0.717) is 19.4 Å². The average Bonchev–Trinajstić information content (AvgIpc) is 2.93. The monoisotopic (exact) mass is 210 g/mol. The molecule has 0 aromatic carbocycles. The Balaban J connectivity index is 2.34. The number of nitrogens with zero attached hydrogens (tertiary/aromatic N) is 1. The van der Waals surface area contributed by atoms with Gasteiger partial charge in [-0.15, -0.1) is 0 Å². The SMILES string of the molecule is CCCC(NCC1(CC#N)CC1)C(=O)O. The number of carboxylic acids is 1. The minimum absolute atomic E-state index is 0.0796. The van der Waals surface area contributed by atoms with Gasteiger partial charge in [-0.2, -0.15) is 5.26 Å². The molecule has 0 heterocycles. The summed E-state index contributed by atoms with van der Waals surface area (Å²) in [4.78, 5) is 10.9. The number of rotatable bonds is 7. The Morgan fingerprint density at radius 3 is 2.73 bits per heavy atom. The maximum Gasteiger partial charge on any atom is 0.320 e. The van der Waals surface area contributed by atoms with Crippen LogP contribution in [0, 0.1) is 16.7 Å². The van der Waals surface area contributed by atoms with Gasteiger partial charge in [0.1, 0.15) is 6.04 Å². The Morgan fingerprint density at radius 2 is 2.33 bits per heavy atom. The number of aliphatic carboxylic acids is 1. The highest BCUT2D eigenvalue weighted by Crippen LogP contribution is 2.47. The molecule has 4 nitrogen and oxygen atoms in total. The highest BCUT2D eigenvalue weighted by molar-refractivity contribution is 5.73. The second-order valence-electron chi connectivity index (χ2n) is 4.40. The topological polar surface area (TPSA) is 73.1 Å². The Labute approximate surface area is 90.3 Å². The van der Waals surface area contributed by atoms with Crippen LogP contribution in [0.4, 0.5) is 0 Å². The molecule has 1 aliphatic carbocycles. The molecule has 0 aromatic rings. The molecule has 0 bridgehead atoms. The average molecular weight is 210 g/mol. The van der Waals surface area contributed by atoms with Crippen LogP contribution in [0.2, 0.25) is 0 Å². The van der Waals surface area contributed by atoms with E-state index in [0.717, 1.165) is 19.3 Å². The van der Waals surface area contributed by atoms with Crippen LogP contribution in [0.3, 0.4) is 0 Å². The quantitative estimate of drug-likeness (QED) is 0.668. The van der Waals surface area contributed by atoms with E-state index in [9.17, 15) is 4.79 Å². The van der Waals surface area contributed by atoms with E-state index in [2.05, 4.69) is 11.4 Å². The fourth-order valence-electron chi connectivity index (χ4n) is 1.70. The third-order valence-electron chi connectivity index (χ3n) is 3.01. The summed E-state index contributed by atoms with van der Waals surface area (Å²) < 4.78 is 0. The third-order valence-corrected chi connectivity index (χ3v) is 3.01. The summed E-state index contributed by atoms with van der Waals surface area (Å²) in [6.07, 6.45) is 4.14. The summed E-state index contributed by atoms with van der Waals surface area (Å²) in [7, 11) is 0. The maximum atomic E-state index is 10.9. The van der Waals surface area contributed by atoms with Crippen molar-refractivity contribution in [3.63, 3.8) is 0 Å². The molecular weight excluding hydrogens is 192 g/mol. The normalized spacial score (nSPS) is 19.2. The van der Waals surface area contributed by atoms with Gasteiger partial charge in [0.05, 0.1) is 6.07 Å². The molecule has 1 unspecified atom stereocenters. The van der Waals surface area contributed by atoms with Crippen LogP contribution >= 0.6 is 0 Å². The molecule has 1 atom stereocenters. The van der Waals surface area contributed by atoms with Crippen molar-refractivity contribution in [2.75, 3.05) is 6.54 Å². The van der Waals surface area contributed by atoms with Crippen LogP contribution in [0.15, 0.2) is 0 Å². The van der Waals surface area contributed by atoms with Crippen molar-refractivity contribution in [3.05, 3.63) is 0 Å². The van der Waals surface area contributed by atoms with E-state index in [1.54, 1.807) is 0 Å². The smallest absolute Gasteiger partial charge is 0.320 e. The Morgan fingerprint density at radius 1 is 1.67 bits per heavy atom. The predicted octanol–water partition coefficient (Wildman–Crippen LogP) is 1.52. The molecule has 0 saturated heterocycles. The first kappa shape index (κ1) is 12.0. The van der Waals surface area contributed by atoms with E-state index >= 15 is 0 Å². The number of carbonyl (C=O) groups is 1. The molecule has 0 aliphatic heterocycles. The lowest BCUT2D eigenvalue weighted by molar-refractivity contribution is -0.139. The summed E-state index contributed by atoms with van der Waals surface area (Å²) in [6, 6.07) is 1.72. The minimum atomic E-state index is -0.787. The van der Waals surface area contributed by atoms with Gasteiger partial charge in [-0.3, -0.25) is 4.79 Å². The molecule has 0 spiro atoms. The lowest BCUT2D eigenvalue weighted by Gasteiger charge is -2.17. The minimum Gasteiger partial charge on any atom is -0.480 e. The van der Waals surface area contributed by atoms with Crippen molar-refractivity contribution in [3.8, 4) is 6.07 Å². The number of hydrogen-bond donors (Lipinski definition) is 2. The maximum absolute atomic E-state index is 10.9. The zero-order chi connectivity index (χ0) is 11.3. The van der Waals surface area contributed by atoms with E-state index < -0.39 is 12.0 Å². The van der Waals surface area contributed by atoms with Crippen LogP contribution < -0.4 is 5.32 Å². The van der Waals surface area contributed by atoms with Gasteiger partial charge in [0.2, 0.25) is 0 Å². The van der Waals surface area contributed by atoms with Crippen molar-refractivity contribution in [1.29, 1.82) is 5.26 Å². The van der Waals surface area contributed by atoms with Crippen LogP contribution in [0.25, 0.3) is 0 Å². The first-order valence-electron chi connectivity index (χ1n) is 5.47. The van der Waals surface area contributed by atoms with Gasteiger partial charge in [0, 0.05) is 13.0 Å². The summed E-state index contributed by atoms with van der Waals surface area (Å²) in [6.45, 7) is 2.64. The molecule has 1 rings (SSSR count). The highest BCUT2D eigenvalue weighted by Gasteiger charge is 2.42. The van der Waals surface area contributed by atoms with E-state index in [1.807, 2.05) is 6.92 Å². The van der Waals surface area contributed by atoms with Crippen molar-refractivity contribution in [2.45, 2.75) is 45.1 Å². The van der Waals surface area contributed by atoms with Crippen molar-refractivity contribution in [1.82, 2.24) is 5.32 Å². The van der Waals surface area contributed by atoms with Crippen LogP contribution in [0.1, 0.15) is 39.0 Å². The Kier molecular flexibility index (Phi) is 4.10. The summed E-state index contributed by atoms with van der Waals surface area (Å²) in [5.41, 5.74) is 0.0796. The molecular formula is C11H18N2O2. The highest BCUT2D eigenvalue weighted by atomic mass is 16.4. The van der Waals surface area contributed by atoms with Crippen molar-refractivity contribution < 1.29 is 9.90 Å². The first-order valence-corrected chi connectivity index (χ1v) is 5.47. The zero-order valence-corrected chi connectivity index (χ0v) is 9.12. The molecule has 0 radical (unpaired) electrons. The van der Waals surface area contributed by atoms with E-state index in [1.165, 1.54) is 0 Å². The number of carboxylic acid groups (broad SMARTS) is 1. The van der Waals surface area contributed by atoms with Gasteiger partial charge >= 0.3 is 5.97 Å². The van der Waals surface area contributed by atoms with Gasteiger partial charge in [-0.1, -0.05) is 13.3 Å². The molecule has 1 aliphatic rings. The molecule has 0 aromatic heterocycles. The molecule has 1 saturated carbocycles. The molecule has 1 fully saturated rings. The number of hydrogen-bond acceptors (Lipinski definition) is 3. The first-order chi connectivity index (χ1) is 7.13. The fourth-order valence-corrected chi connectivity index (χ4v) is 1.70. The lowest BCUT2D eigenvalue weighted by Crippen LogP contribution is -2.39. The second kappa shape index (κ2) is 5.13. The van der Waals surface area contributed by atoms with Gasteiger partial charge in [0.25, 0.3) is 0 Å². The second-order valence-corrected chi connectivity index (χ2v) is 4.40. The summed E-state index contributed by atoms with van der Waals surface area (Å²) in [5, 5.41) is 20.6. The molecule has 2 N–H and O–H groups in total. The zero-order valence-electron chi connectivity index (χ0n) is 9.12. The third kappa shape index (κ3) is 3.52. The number of nitrogens with one attached hydrogen (secondary N) is 1. The fraction of sp³-hybridized carbons (Fsp3) is 0.818. The molecule has 4 heteroatoms. The Hall–Kier alpha value is -1.08. The van der Waals surface area contributed by atoms with E-state index in [4.69, 9.17) is 10.4 Å². The standard InChI is InChI=1S/C11H18N2O2/c1-2-3-9(10(14)15)13-8-11(4-5-11)6-7-12/h9,13H,2-6,8H2,1H3,(H,14,15). The van der Waals surface area contributed by atoms with Gasteiger partial charge in [-0.25, -0.2) is 0 Å². The lowest BCUT2D eigenvalue weighted by atomic mass is 10.0.